The molecule has 0 heterocycles. The van der Waals surface area contributed by atoms with Crippen molar-refractivity contribution in [1.82, 2.24) is 0 Å². The second-order valence-electron chi connectivity index (χ2n) is 5.01. The molecule has 0 nitrogen and oxygen atoms in total. The molecule has 0 heteroatoms. The third-order valence-corrected chi connectivity index (χ3v) is 4.49. The topological polar surface area (TPSA) is 0 Å². The van der Waals surface area contributed by atoms with Gasteiger partial charge in [0.15, 0.2) is 0 Å². The van der Waals surface area contributed by atoms with Gasteiger partial charge in [-0.3, -0.25) is 0 Å². The third kappa shape index (κ3) is 0.408. The first-order valence-corrected chi connectivity index (χ1v) is 4.75. The summed E-state index contributed by atoms with van der Waals surface area (Å²) in [5.41, 5.74) is 0.951. The van der Waals surface area contributed by atoms with Crippen molar-refractivity contribution in [2.75, 3.05) is 0 Å². The molecule has 3 aliphatic rings. The quantitative estimate of drug-likeness (QED) is 0.480. The summed E-state index contributed by atoms with van der Waals surface area (Å²) in [5.74, 6) is 4.55. The summed E-state index contributed by atoms with van der Waals surface area (Å²) in [4.78, 5) is 0. The van der Waals surface area contributed by atoms with E-state index in [4.69, 9.17) is 0 Å². The molecule has 3 saturated carbocycles. The maximum absolute atomic E-state index is 2.45. The average Bonchev–Trinajstić information content (AvgIpc) is 2.55. The van der Waals surface area contributed by atoms with Crippen molar-refractivity contribution in [2.24, 2.45) is 29.1 Å². The lowest BCUT2D eigenvalue weighted by molar-refractivity contribution is 0.446. The van der Waals surface area contributed by atoms with Crippen LogP contribution in [0, 0.1) is 29.1 Å². The molecule has 1 spiro atoms. The van der Waals surface area contributed by atoms with E-state index in [0.717, 1.165) is 17.3 Å². The van der Waals surface area contributed by atoms with E-state index in [1.807, 2.05) is 0 Å². The molecule has 0 aromatic heterocycles. The van der Waals surface area contributed by atoms with Crippen LogP contribution in [0.2, 0.25) is 0 Å². The predicted molar refractivity (Wildman–Crippen MR) is 41.6 cm³/mol. The van der Waals surface area contributed by atoms with Gasteiger partial charge in [-0.15, -0.1) is 0 Å². The van der Waals surface area contributed by atoms with Crippen LogP contribution in [0.3, 0.4) is 0 Å². The summed E-state index contributed by atoms with van der Waals surface area (Å²) in [6.07, 6.45) is 4.71. The third-order valence-electron chi connectivity index (χ3n) is 4.49. The van der Waals surface area contributed by atoms with E-state index in [9.17, 15) is 0 Å². The lowest BCUT2D eigenvalue weighted by Gasteiger charge is -2.05. The molecule has 3 atom stereocenters. The summed E-state index contributed by atoms with van der Waals surface area (Å²) >= 11 is 0. The Morgan fingerprint density at radius 3 is 2.00 bits per heavy atom. The van der Waals surface area contributed by atoms with Crippen molar-refractivity contribution >= 4 is 0 Å². The SMILES string of the molecule is CC1CC2C(C1)C21CC1C. The lowest BCUT2D eigenvalue weighted by Crippen LogP contribution is -1.96. The Balaban J connectivity index is 1.80. The number of rotatable bonds is 0. The van der Waals surface area contributed by atoms with Gasteiger partial charge in [-0.1, -0.05) is 13.8 Å². The monoisotopic (exact) mass is 136 g/mol. The number of fused-ring (bicyclic) bond motifs is 3. The molecule has 0 N–H and O–H groups in total. The maximum Gasteiger partial charge on any atom is -0.0206 e. The van der Waals surface area contributed by atoms with Crippen LogP contribution in [-0.2, 0) is 0 Å². The lowest BCUT2D eigenvalue weighted by atomic mass is 10.00. The van der Waals surface area contributed by atoms with E-state index in [-0.39, 0.29) is 0 Å². The molecule has 0 bridgehead atoms. The van der Waals surface area contributed by atoms with Gasteiger partial charge in [0.2, 0.25) is 0 Å². The van der Waals surface area contributed by atoms with Gasteiger partial charge in [0.05, 0.1) is 0 Å². The molecule has 3 unspecified atom stereocenters. The molecule has 0 aliphatic heterocycles. The molecule has 3 fully saturated rings. The first-order chi connectivity index (χ1) is 4.75. The van der Waals surface area contributed by atoms with Crippen molar-refractivity contribution < 1.29 is 0 Å². The van der Waals surface area contributed by atoms with Crippen molar-refractivity contribution in [1.29, 1.82) is 0 Å². The molecule has 3 rings (SSSR count). The van der Waals surface area contributed by atoms with Crippen molar-refractivity contribution in [3.05, 3.63) is 0 Å². The fraction of sp³-hybridized carbons (Fsp3) is 1.00. The molecule has 0 aromatic carbocycles. The van der Waals surface area contributed by atoms with E-state index < -0.39 is 0 Å². The average molecular weight is 136 g/mol. The zero-order chi connectivity index (χ0) is 6.93. The minimum absolute atomic E-state index is 0.951. The molecular formula is C10H16. The van der Waals surface area contributed by atoms with Crippen LogP contribution >= 0.6 is 0 Å². The number of hydrogen-bond acceptors (Lipinski definition) is 0. The smallest absolute Gasteiger partial charge is 0.0206 e. The van der Waals surface area contributed by atoms with E-state index in [0.29, 0.717) is 0 Å². The Hall–Kier alpha value is 0. The predicted octanol–water partition coefficient (Wildman–Crippen LogP) is 2.69. The van der Waals surface area contributed by atoms with Crippen LogP contribution < -0.4 is 0 Å². The van der Waals surface area contributed by atoms with Gasteiger partial charge in [-0.05, 0) is 48.3 Å². The summed E-state index contributed by atoms with van der Waals surface area (Å²) in [7, 11) is 0. The van der Waals surface area contributed by atoms with Gasteiger partial charge >= 0.3 is 0 Å². The largest absolute Gasteiger partial charge is 0.0625 e. The Kier molecular flexibility index (Phi) is 0.735. The van der Waals surface area contributed by atoms with Gasteiger partial charge in [-0.2, -0.15) is 0 Å². The second kappa shape index (κ2) is 1.31. The van der Waals surface area contributed by atoms with Gasteiger partial charge in [0.25, 0.3) is 0 Å². The normalized spacial score (nSPS) is 70.2. The molecule has 0 amide bonds. The van der Waals surface area contributed by atoms with Crippen LogP contribution in [0.5, 0.6) is 0 Å². The highest BCUT2D eigenvalue weighted by atomic mass is 14.8. The Bertz CT molecular complexity index is 170. The standard InChI is InChI=1S/C10H16/c1-6-3-8-9(4-6)10(8)5-7(10)2/h6-9H,3-5H2,1-2H3. The van der Waals surface area contributed by atoms with Gasteiger partial charge in [-0.25, -0.2) is 0 Å². The summed E-state index contributed by atoms with van der Waals surface area (Å²) in [6, 6.07) is 0. The molecule has 0 radical (unpaired) electrons. The summed E-state index contributed by atoms with van der Waals surface area (Å²) in [5, 5.41) is 0. The zero-order valence-electron chi connectivity index (χ0n) is 6.93. The first kappa shape index (κ1) is 5.62. The maximum atomic E-state index is 2.45. The fourth-order valence-corrected chi connectivity index (χ4v) is 3.86. The van der Waals surface area contributed by atoms with Crippen LogP contribution in [0.1, 0.15) is 33.1 Å². The van der Waals surface area contributed by atoms with Gasteiger partial charge < -0.3 is 0 Å². The van der Waals surface area contributed by atoms with E-state index in [1.165, 1.54) is 11.8 Å². The van der Waals surface area contributed by atoms with Crippen LogP contribution in [0.25, 0.3) is 0 Å². The highest BCUT2D eigenvalue weighted by Crippen LogP contribution is 2.83. The van der Waals surface area contributed by atoms with E-state index >= 15 is 0 Å². The highest BCUT2D eigenvalue weighted by Gasteiger charge is 2.77. The molecule has 3 aliphatic carbocycles. The second-order valence-corrected chi connectivity index (χ2v) is 5.01. The summed E-state index contributed by atoms with van der Waals surface area (Å²) in [6.45, 7) is 4.87. The van der Waals surface area contributed by atoms with Crippen LogP contribution in [0.15, 0.2) is 0 Å². The van der Waals surface area contributed by atoms with Crippen LogP contribution in [-0.4, -0.2) is 0 Å². The number of hydrogen-bond donors (Lipinski definition) is 0. The van der Waals surface area contributed by atoms with Crippen molar-refractivity contribution in [3.8, 4) is 0 Å². The minimum atomic E-state index is 0.951. The summed E-state index contributed by atoms with van der Waals surface area (Å²) < 4.78 is 0. The van der Waals surface area contributed by atoms with Gasteiger partial charge in [0.1, 0.15) is 0 Å². The highest BCUT2D eigenvalue weighted by molar-refractivity contribution is 5.25. The van der Waals surface area contributed by atoms with E-state index in [2.05, 4.69) is 13.8 Å². The Labute approximate surface area is 63.0 Å². The molecular weight excluding hydrogens is 120 g/mol. The van der Waals surface area contributed by atoms with Crippen molar-refractivity contribution in [2.45, 2.75) is 33.1 Å². The molecule has 0 aromatic rings. The van der Waals surface area contributed by atoms with E-state index in [1.54, 1.807) is 19.3 Å². The fourth-order valence-electron chi connectivity index (χ4n) is 3.86. The Morgan fingerprint density at radius 1 is 1.10 bits per heavy atom. The van der Waals surface area contributed by atoms with Gasteiger partial charge in [0, 0.05) is 0 Å². The molecule has 10 heavy (non-hydrogen) atoms. The van der Waals surface area contributed by atoms with Crippen LogP contribution in [0.4, 0.5) is 0 Å². The first-order valence-electron chi connectivity index (χ1n) is 4.75. The van der Waals surface area contributed by atoms with Crippen molar-refractivity contribution in [3.63, 3.8) is 0 Å². The minimum Gasteiger partial charge on any atom is -0.0625 e. The Morgan fingerprint density at radius 2 is 1.60 bits per heavy atom. The zero-order valence-corrected chi connectivity index (χ0v) is 6.93. The molecule has 56 valence electrons. The molecule has 0 saturated heterocycles.